The van der Waals surface area contributed by atoms with Crippen molar-refractivity contribution in [1.29, 1.82) is 0 Å². The second-order valence-corrected chi connectivity index (χ2v) is 9.58. The Hall–Kier alpha value is -2.13. The first kappa shape index (κ1) is 21.6. The molecule has 0 bridgehead atoms. The molecule has 0 saturated carbocycles. The van der Waals surface area contributed by atoms with Crippen LogP contribution in [0, 0.1) is 12.8 Å². The van der Waals surface area contributed by atoms with Crippen LogP contribution in [0.4, 0.5) is 0 Å². The number of benzene rings is 2. The topological polar surface area (TPSA) is 32.3 Å². The summed E-state index contributed by atoms with van der Waals surface area (Å²) in [5, 5.41) is 3.24. The highest BCUT2D eigenvalue weighted by Gasteiger charge is 2.26. The molecule has 1 aliphatic heterocycles. The molecule has 3 nitrogen and oxygen atoms in total. The quantitative estimate of drug-likeness (QED) is 0.741. The molecule has 2 aromatic rings. The summed E-state index contributed by atoms with van der Waals surface area (Å²) in [5.41, 5.74) is 5.38. The van der Waals surface area contributed by atoms with Gasteiger partial charge in [-0.2, -0.15) is 0 Å². The third kappa shape index (κ3) is 5.70. The van der Waals surface area contributed by atoms with Crippen molar-refractivity contribution < 1.29 is 4.79 Å². The van der Waals surface area contributed by atoms with Crippen molar-refractivity contribution in [3.63, 3.8) is 0 Å². The summed E-state index contributed by atoms with van der Waals surface area (Å²) < 4.78 is 0. The molecule has 1 atom stereocenters. The van der Waals surface area contributed by atoms with Crippen LogP contribution in [0.5, 0.6) is 0 Å². The molecule has 1 N–H and O–H groups in total. The Morgan fingerprint density at radius 3 is 2.28 bits per heavy atom. The SMILES string of the molecule is Cc1ccccc1CN1CCC(C(=O)N[C@H](C)c2ccc(C(C)(C)C)cc2)CC1. The van der Waals surface area contributed by atoms with Crippen LogP contribution in [0.1, 0.15) is 68.8 Å². The van der Waals surface area contributed by atoms with Crippen molar-refractivity contribution in [1.82, 2.24) is 10.2 Å². The highest BCUT2D eigenvalue weighted by molar-refractivity contribution is 5.79. The maximum atomic E-state index is 12.8. The standard InChI is InChI=1S/C26H36N2O/c1-19-8-6-7-9-23(19)18-28-16-14-22(15-17-28)25(29)27-20(2)21-10-12-24(13-11-21)26(3,4)5/h6-13,20,22H,14-18H2,1-5H3,(H,27,29)/t20-/m1/s1. The van der Waals surface area contributed by atoms with Gasteiger partial charge in [-0.25, -0.2) is 0 Å². The van der Waals surface area contributed by atoms with Gasteiger partial charge >= 0.3 is 0 Å². The number of carbonyl (C=O) groups is 1. The fraction of sp³-hybridized carbons (Fsp3) is 0.500. The number of nitrogens with zero attached hydrogens (tertiary/aromatic N) is 1. The van der Waals surface area contributed by atoms with E-state index >= 15 is 0 Å². The van der Waals surface area contributed by atoms with E-state index < -0.39 is 0 Å². The van der Waals surface area contributed by atoms with Crippen molar-refractivity contribution in [2.45, 2.75) is 65.5 Å². The van der Waals surface area contributed by atoms with E-state index in [0.717, 1.165) is 32.5 Å². The molecule has 0 spiro atoms. The summed E-state index contributed by atoms with van der Waals surface area (Å²) in [7, 11) is 0. The number of likely N-dealkylation sites (tertiary alicyclic amines) is 1. The molecule has 3 rings (SSSR count). The lowest BCUT2D eigenvalue weighted by Crippen LogP contribution is -2.41. The van der Waals surface area contributed by atoms with Crippen LogP contribution in [0.2, 0.25) is 0 Å². The van der Waals surface area contributed by atoms with Gasteiger partial charge in [0.2, 0.25) is 5.91 Å². The lowest BCUT2D eigenvalue weighted by molar-refractivity contribution is -0.127. The molecule has 1 fully saturated rings. The first-order valence-corrected chi connectivity index (χ1v) is 10.9. The van der Waals surface area contributed by atoms with Gasteiger partial charge in [-0.15, -0.1) is 0 Å². The fourth-order valence-electron chi connectivity index (χ4n) is 4.07. The number of carbonyl (C=O) groups excluding carboxylic acids is 1. The largest absolute Gasteiger partial charge is 0.349 e. The van der Waals surface area contributed by atoms with Crippen molar-refractivity contribution >= 4 is 5.91 Å². The van der Waals surface area contributed by atoms with Crippen molar-refractivity contribution in [2.24, 2.45) is 5.92 Å². The van der Waals surface area contributed by atoms with E-state index in [2.05, 4.69) is 93.4 Å². The number of aryl methyl sites for hydroxylation is 1. The number of amides is 1. The molecule has 1 heterocycles. The van der Waals surface area contributed by atoms with Gasteiger partial charge in [0.1, 0.15) is 0 Å². The monoisotopic (exact) mass is 392 g/mol. The van der Waals surface area contributed by atoms with Crippen LogP contribution in [0.15, 0.2) is 48.5 Å². The Morgan fingerprint density at radius 2 is 1.69 bits per heavy atom. The molecule has 0 aromatic heterocycles. The molecular formula is C26H36N2O. The number of nitrogens with one attached hydrogen (secondary N) is 1. The van der Waals surface area contributed by atoms with Gasteiger partial charge in [-0.3, -0.25) is 9.69 Å². The van der Waals surface area contributed by atoms with Gasteiger partial charge in [0.05, 0.1) is 6.04 Å². The van der Waals surface area contributed by atoms with Gasteiger partial charge in [-0.05, 0) is 67.4 Å². The minimum atomic E-state index is 0.0431. The number of hydrogen-bond donors (Lipinski definition) is 1. The van der Waals surface area contributed by atoms with Gasteiger partial charge in [-0.1, -0.05) is 69.3 Å². The minimum absolute atomic E-state index is 0.0431. The molecule has 0 unspecified atom stereocenters. The zero-order valence-corrected chi connectivity index (χ0v) is 18.7. The van der Waals surface area contributed by atoms with E-state index in [1.807, 2.05) is 0 Å². The van der Waals surface area contributed by atoms with Gasteiger partial charge in [0, 0.05) is 12.5 Å². The summed E-state index contributed by atoms with van der Waals surface area (Å²) in [6, 6.07) is 17.3. The molecule has 156 valence electrons. The van der Waals surface area contributed by atoms with Gasteiger partial charge in [0.25, 0.3) is 0 Å². The Bertz CT molecular complexity index is 811. The van der Waals surface area contributed by atoms with Crippen LogP contribution in [-0.4, -0.2) is 23.9 Å². The predicted molar refractivity (Wildman–Crippen MR) is 121 cm³/mol. The average Bonchev–Trinajstić information content (AvgIpc) is 2.69. The maximum Gasteiger partial charge on any atom is 0.223 e. The smallest absolute Gasteiger partial charge is 0.223 e. The lowest BCUT2D eigenvalue weighted by atomic mass is 9.86. The number of hydrogen-bond acceptors (Lipinski definition) is 2. The summed E-state index contributed by atoms with van der Waals surface area (Å²) in [6.07, 6.45) is 1.88. The van der Waals surface area contributed by atoms with Gasteiger partial charge in [0.15, 0.2) is 0 Å². The normalized spacial score (nSPS) is 17.1. The second-order valence-electron chi connectivity index (χ2n) is 9.58. The first-order chi connectivity index (χ1) is 13.7. The van der Waals surface area contributed by atoms with Crippen LogP contribution in [0.3, 0.4) is 0 Å². The fourth-order valence-corrected chi connectivity index (χ4v) is 4.07. The minimum Gasteiger partial charge on any atom is -0.349 e. The summed E-state index contributed by atoms with van der Waals surface area (Å²) in [5.74, 6) is 0.326. The molecule has 29 heavy (non-hydrogen) atoms. The van der Waals surface area contributed by atoms with Crippen LogP contribution in [0.25, 0.3) is 0 Å². The van der Waals surface area contributed by atoms with Crippen molar-refractivity contribution in [3.8, 4) is 0 Å². The number of rotatable bonds is 5. The zero-order chi connectivity index (χ0) is 21.0. The lowest BCUT2D eigenvalue weighted by Gasteiger charge is -2.32. The summed E-state index contributed by atoms with van der Waals surface area (Å²) in [6.45, 7) is 13.9. The third-order valence-electron chi connectivity index (χ3n) is 6.25. The molecule has 1 saturated heterocycles. The van der Waals surface area contributed by atoms with E-state index in [0.29, 0.717) is 0 Å². The molecule has 0 aliphatic carbocycles. The van der Waals surface area contributed by atoms with E-state index in [4.69, 9.17) is 0 Å². The second kappa shape index (κ2) is 9.13. The molecule has 1 aliphatic rings. The summed E-state index contributed by atoms with van der Waals surface area (Å²) >= 11 is 0. The van der Waals surface area contributed by atoms with Crippen molar-refractivity contribution in [3.05, 3.63) is 70.8 Å². The molecule has 3 heteroatoms. The first-order valence-electron chi connectivity index (χ1n) is 10.9. The van der Waals surface area contributed by atoms with Crippen molar-refractivity contribution in [2.75, 3.05) is 13.1 Å². The zero-order valence-electron chi connectivity index (χ0n) is 18.7. The van der Waals surface area contributed by atoms with Gasteiger partial charge < -0.3 is 5.32 Å². The summed E-state index contributed by atoms with van der Waals surface area (Å²) in [4.78, 5) is 15.3. The Morgan fingerprint density at radius 1 is 1.07 bits per heavy atom. The van der Waals surface area contributed by atoms with E-state index in [-0.39, 0.29) is 23.3 Å². The Balaban J connectivity index is 1.50. The Kier molecular flexibility index (Phi) is 6.79. The maximum absolute atomic E-state index is 12.8. The molecule has 0 radical (unpaired) electrons. The van der Waals surface area contributed by atoms with E-state index in [1.54, 1.807) is 0 Å². The highest BCUT2D eigenvalue weighted by atomic mass is 16.1. The molecular weight excluding hydrogens is 356 g/mol. The van der Waals surface area contributed by atoms with E-state index in [1.165, 1.54) is 22.3 Å². The predicted octanol–water partition coefficient (Wildman–Crippen LogP) is 5.38. The molecule has 2 aromatic carbocycles. The highest BCUT2D eigenvalue weighted by Crippen LogP contribution is 2.25. The number of piperidine rings is 1. The van der Waals surface area contributed by atoms with Crippen LogP contribution < -0.4 is 5.32 Å². The van der Waals surface area contributed by atoms with Crippen LogP contribution in [-0.2, 0) is 16.8 Å². The van der Waals surface area contributed by atoms with E-state index in [9.17, 15) is 4.79 Å². The average molecular weight is 393 g/mol. The Labute approximate surface area is 176 Å². The molecule has 1 amide bonds. The third-order valence-corrected chi connectivity index (χ3v) is 6.25. The van der Waals surface area contributed by atoms with Crippen LogP contribution >= 0.6 is 0 Å².